The van der Waals surface area contributed by atoms with Gasteiger partial charge in [-0.3, -0.25) is 9.59 Å². The van der Waals surface area contributed by atoms with E-state index in [1.165, 1.54) is 12.1 Å². The monoisotopic (exact) mass is 512 g/mol. The second-order valence-electron chi connectivity index (χ2n) is 6.20. The van der Waals surface area contributed by atoms with Crippen molar-refractivity contribution >= 4 is 55.7 Å². The van der Waals surface area contributed by atoms with E-state index in [1.807, 2.05) is 0 Å². The number of carboxylic acid groups (broad SMARTS) is 1. The highest BCUT2D eigenvalue weighted by atomic mass is 79.9. The number of furan rings is 1. The number of hydrogen-bond donors (Lipinski definition) is 3. The minimum atomic E-state index is -1.16. The third kappa shape index (κ3) is 6.07. The molecule has 0 aliphatic rings. The summed E-state index contributed by atoms with van der Waals surface area (Å²) in [4.78, 5) is 36.5. The Morgan fingerprint density at radius 3 is 2.21 bits per heavy atom. The van der Waals surface area contributed by atoms with Crippen molar-refractivity contribution < 1.29 is 23.9 Å². The van der Waals surface area contributed by atoms with Gasteiger partial charge in [0.05, 0.1) is 0 Å². The molecule has 0 aliphatic heterocycles. The SMILES string of the molecule is CC(C)[C@H](NC(=O)/C(=C/c1ccc(Br)cc1)NC(=O)c1ccc(Br)o1)C(=O)O. The van der Waals surface area contributed by atoms with Crippen LogP contribution in [0.5, 0.6) is 0 Å². The van der Waals surface area contributed by atoms with Gasteiger partial charge in [0.2, 0.25) is 0 Å². The fourth-order valence-electron chi connectivity index (χ4n) is 2.24. The first-order chi connectivity index (χ1) is 13.2. The summed E-state index contributed by atoms with van der Waals surface area (Å²) in [5, 5.41) is 14.2. The van der Waals surface area contributed by atoms with Crippen LogP contribution in [0.3, 0.4) is 0 Å². The molecule has 1 atom stereocenters. The van der Waals surface area contributed by atoms with Gasteiger partial charge in [0.1, 0.15) is 11.7 Å². The van der Waals surface area contributed by atoms with Crippen LogP contribution < -0.4 is 10.6 Å². The summed E-state index contributed by atoms with van der Waals surface area (Å²) in [6.07, 6.45) is 1.46. The lowest BCUT2D eigenvalue weighted by molar-refractivity contribution is -0.142. The van der Waals surface area contributed by atoms with E-state index in [2.05, 4.69) is 42.5 Å². The van der Waals surface area contributed by atoms with Gasteiger partial charge in [-0.1, -0.05) is 41.9 Å². The van der Waals surface area contributed by atoms with Gasteiger partial charge in [0, 0.05) is 4.47 Å². The number of carbonyl (C=O) groups excluding carboxylic acids is 2. The van der Waals surface area contributed by atoms with Gasteiger partial charge in [-0.25, -0.2) is 4.79 Å². The van der Waals surface area contributed by atoms with Crippen LogP contribution in [-0.4, -0.2) is 28.9 Å². The summed E-state index contributed by atoms with van der Waals surface area (Å²) in [7, 11) is 0. The van der Waals surface area contributed by atoms with E-state index < -0.39 is 23.8 Å². The Hall–Kier alpha value is -2.39. The molecule has 2 amide bonds. The highest BCUT2D eigenvalue weighted by molar-refractivity contribution is 9.10. The molecule has 0 saturated heterocycles. The van der Waals surface area contributed by atoms with Gasteiger partial charge in [0.25, 0.3) is 11.8 Å². The van der Waals surface area contributed by atoms with Crippen LogP contribution >= 0.6 is 31.9 Å². The highest BCUT2D eigenvalue weighted by Crippen LogP contribution is 2.16. The summed E-state index contributed by atoms with van der Waals surface area (Å²) in [6, 6.07) is 8.93. The molecule has 1 aromatic heterocycles. The first-order valence-electron chi connectivity index (χ1n) is 8.25. The Labute approximate surface area is 178 Å². The first-order valence-corrected chi connectivity index (χ1v) is 9.83. The molecule has 0 aliphatic carbocycles. The molecule has 3 N–H and O–H groups in total. The lowest BCUT2D eigenvalue weighted by atomic mass is 10.0. The zero-order valence-corrected chi connectivity index (χ0v) is 18.2. The van der Waals surface area contributed by atoms with Gasteiger partial charge < -0.3 is 20.2 Å². The van der Waals surface area contributed by atoms with E-state index in [-0.39, 0.29) is 17.4 Å². The summed E-state index contributed by atoms with van der Waals surface area (Å²) >= 11 is 6.44. The number of benzene rings is 1. The summed E-state index contributed by atoms with van der Waals surface area (Å²) < 4.78 is 6.41. The molecular weight excluding hydrogens is 496 g/mol. The Morgan fingerprint density at radius 1 is 1.07 bits per heavy atom. The molecule has 148 valence electrons. The lowest BCUT2D eigenvalue weighted by Crippen LogP contribution is -2.47. The Kier molecular flexibility index (Phi) is 7.59. The zero-order chi connectivity index (χ0) is 20.8. The molecule has 0 fully saturated rings. The van der Waals surface area contributed by atoms with Crippen LogP contribution in [0.15, 0.2) is 55.7 Å². The van der Waals surface area contributed by atoms with Crippen molar-refractivity contribution in [1.82, 2.24) is 10.6 Å². The molecule has 9 heteroatoms. The fraction of sp³-hybridized carbons (Fsp3) is 0.211. The van der Waals surface area contributed by atoms with Crippen molar-refractivity contribution in [2.45, 2.75) is 19.9 Å². The normalized spacial score (nSPS) is 12.5. The van der Waals surface area contributed by atoms with E-state index in [0.717, 1.165) is 4.47 Å². The quantitative estimate of drug-likeness (QED) is 0.488. The molecule has 7 nitrogen and oxygen atoms in total. The molecular formula is C19H18Br2N2O5. The number of nitrogens with one attached hydrogen (secondary N) is 2. The van der Waals surface area contributed by atoms with Crippen LogP contribution in [0, 0.1) is 5.92 Å². The van der Waals surface area contributed by atoms with Gasteiger partial charge >= 0.3 is 5.97 Å². The second-order valence-corrected chi connectivity index (χ2v) is 7.90. The van der Waals surface area contributed by atoms with Gasteiger partial charge in [-0.15, -0.1) is 0 Å². The van der Waals surface area contributed by atoms with Crippen molar-refractivity contribution in [3.8, 4) is 0 Å². The lowest BCUT2D eigenvalue weighted by Gasteiger charge is -2.19. The topological polar surface area (TPSA) is 109 Å². The predicted octanol–water partition coefficient (Wildman–Crippen LogP) is 3.80. The van der Waals surface area contributed by atoms with E-state index in [9.17, 15) is 19.5 Å². The number of rotatable bonds is 7. The molecule has 2 aromatic rings. The maximum atomic E-state index is 12.7. The Morgan fingerprint density at radius 2 is 1.71 bits per heavy atom. The van der Waals surface area contributed by atoms with Crippen LogP contribution in [0.2, 0.25) is 0 Å². The van der Waals surface area contributed by atoms with Gasteiger partial charge in [0.15, 0.2) is 10.4 Å². The number of amides is 2. The van der Waals surface area contributed by atoms with E-state index in [0.29, 0.717) is 10.2 Å². The minimum absolute atomic E-state index is 0.0000234. The van der Waals surface area contributed by atoms with Crippen LogP contribution in [0.1, 0.15) is 30.0 Å². The predicted molar refractivity (Wildman–Crippen MR) is 110 cm³/mol. The Balaban J connectivity index is 2.31. The smallest absolute Gasteiger partial charge is 0.326 e. The van der Waals surface area contributed by atoms with Crippen LogP contribution in [0.25, 0.3) is 6.08 Å². The number of aliphatic carboxylic acids is 1. The molecule has 1 aromatic carbocycles. The summed E-state index contributed by atoms with van der Waals surface area (Å²) in [5.74, 6) is -2.86. The highest BCUT2D eigenvalue weighted by Gasteiger charge is 2.26. The maximum absolute atomic E-state index is 12.7. The third-order valence-electron chi connectivity index (χ3n) is 3.69. The number of halogens is 2. The summed E-state index contributed by atoms with van der Waals surface area (Å²) in [5.41, 5.74) is 0.539. The van der Waals surface area contributed by atoms with Crippen LogP contribution in [-0.2, 0) is 9.59 Å². The first kappa shape index (κ1) is 21.9. The average Bonchev–Trinajstić information content (AvgIpc) is 3.06. The maximum Gasteiger partial charge on any atom is 0.326 e. The number of carboxylic acids is 1. The molecule has 0 unspecified atom stereocenters. The van der Waals surface area contributed by atoms with Crippen molar-refractivity contribution in [2.24, 2.45) is 5.92 Å². The zero-order valence-electron chi connectivity index (χ0n) is 15.0. The minimum Gasteiger partial charge on any atom is -0.480 e. The largest absolute Gasteiger partial charge is 0.480 e. The van der Waals surface area contributed by atoms with Crippen molar-refractivity contribution in [3.63, 3.8) is 0 Å². The third-order valence-corrected chi connectivity index (χ3v) is 4.65. The standard InChI is InChI=1S/C19H18Br2N2O5/c1-10(2)16(19(26)27)23-17(24)13(9-11-3-5-12(20)6-4-11)22-18(25)14-7-8-15(21)28-14/h3-10,16H,1-2H3,(H,22,25)(H,23,24)(H,26,27)/b13-9-/t16-/m0/s1. The molecule has 0 saturated carbocycles. The van der Waals surface area contributed by atoms with Crippen molar-refractivity contribution in [1.29, 1.82) is 0 Å². The molecule has 1 heterocycles. The van der Waals surface area contributed by atoms with Gasteiger partial charge in [-0.05, 0) is 57.8 Å². The van der Waals surface area contributed by atoms with Crippen molar-refractivity contribution in [3.05, 3.63) is 62.6 Å². The van der Waals surface area contributed by atoms with E-state index in [1.54, 1.807) is 44.2 Å². The number of carbonyl (C=O) groups is 3. The van der Waals surface area contributed by atoms with E-state index in [4.69, 9.17) is 4.42 Å². The molecule has 0 radical (unpaired) electrons. The van der Waals surface area contributed by atoms with E-state index >= 15 is 0 Å². The number of hydrogen-bond acceptors (Lipinski definition) is 4. The molecule has 2 rings (SSSR count). The molecule has 28 heavy (non-hydrogen) atoms. The average molecular weight is 514 g/mol. The molecule has 0 spiro atoms. The second kappa shape index (κ2) is 9.70. The molecule has 0 bridgehead atoms. The fourth-order valence-corrected chi connectivity index (χ4v) is 2.81. The van der Waals surface area contributed by atoms with Crippen molar-refractivity contribution in [2.75, 3.05) is 0 Å². The summed E-state index contributed by atoms with van der Waals surface area (Å²) in [6.45, 7) is 3.35. The Bertz CT molecular complexity index is 903. The van der Waals surface area contributed by atoms with Gasteiger partial charge in [-0.2, -0.15) is 0 Å². The van der Waals surface area contributed by atoms with Crippen LogP contribution in [0.4, 0.5) is 0 Å².